The van der Waals surface area contributed by atoms with Crippen molar-refractivity contribution in [2.75, 3.05) is 0 Å². The molecule has 0 saturated heterocycles. The maximum atomic E-state index is 11.9. The molecule has 2 N–H and O–H groups in total. The normalized spacial score (nSPS) is 16.5. The molecule has 0 spiro atoms. The lowest BCUT2D eigenvalue weighted by Gasteiger charge is -2.22. The Morgan fingerprint density at radius 2 is 2.00 bits per heavy atom. The monoisotopic (exact) mass is 265 g/mol. The fraction of sp³-hybridized carbons (Fsp3) is 0.714. The summed E-state index contributed by atoms with van der Waals surface area (Å²) in [7, 11) is 0. The van der Waals surface area contributed by atoms with Crippen LogP contribution < -0.4 is 11.0 Å². The summed E-state index contributed by atoms with van der Waals surface area (Å²) >= 11 is 0. The number of aryl methyl sites for hydroxylation is 1. The molecule has 0 atom stereocenters. The standard InChI is InChI=1S/C14H23N3O2/c1-10-11(2)17(14(19)15-10)9-8-13(18)16-12-6-4-3-5-7-12/h12H,3-9H2,1-2H3,(H,15,19)(H,16,18). The maximum Gasteiger partial charge on any atom is 0.325 e. The van der Waals surface area contributed by atoms with E-state index in [1.807, 2.05) is 13.8 Å². The molecular formula is C14H23N3O2. The average Bonchev–Trinajstić information content (AvgIpc) is 2.62. The Morgan fingerprint density at radius 3 is 2.58 bits per heavy atom. The predicted octanol–water partition coefficient (Wildman–Crippen LogP) is 1.63. The largest absolute Gasteiger partial charge is 0.353 e. The molecule has 0 unspecified atom stereocenters. The highest BCUT2D eigenvalue weighted by Gasteiger charge is 2.16. The molecule has 5 heteroatoms. The Bertz CT molecular complexity index is 495. The van der Waals surface area contributed by atoms with Gasteiger partial charge in [0.2, 0.25) is 5.91 Å². The van der Waals surface area contributed by atoms with Gasteiger partial charge in [-0.2, -0.15) is 0 Å². The van der Waals surface area contributed by atoms with E-state index in [4.69, 9.17) is 0 Å². The smallest absolute Gasteiger partial charge is 0.325 e. The number of aromatic amines is 1. The van der Waals surface area contributed by atoms with Gasteiger partial charge in [0.1, 0.15) is 0 Å². The Labute approximate surface area is 113 Å². The molecule has 1 fully saturated rings. The van der Waals surface area contributed by atoms with Gasteiger partial charge in [0, 0.05) is 30.4 Å². The van der Waals surface area contributed by atoms with E-state index in [1.165, 1.54) is 19.3 Å². The number of nitrogens with zero attached hydrogens (tertiary/aromatic N) is 1. The van der Waals surface area contributed by atoms with Crippen molar-refractivity contribution in [1.29, 1.82) is 0 Å². The molecule has 1 aromatic rings. The fourth-order valence-corrected chi connectivity index (χ4v) is 2.70. The molecule has 19 heavy (non-hydrogen) atoms. The summed E-state index contributed by atoms with van der Waals surface area (Å²) < 4.78 is 1.63. The second-order valence-electron chi connectivity index (χ2n) is 5.44. The Kier molecular flexibility index (Phi) is 4.45. The minimum atomic E-state index is -0.125. The van der Waals surface area contributed by atoms with Gasteiger partial charge in [-0.1, -0.05) is 19.3 Å². The zero-order valence-corrected chi connectivity index (χ0v) is 11.8. The van der Waals surface area contributed by atoms with E-state index < -0.39 is 0 Å². The summed E-state index contributed by atoms with van der Waals surface area (Å²) in [5, 5.41) is 3.07. The third-order valence-corrected chi connectivity index (χ3v) is 4.02. The maximum absolute atomic E-state index is 11.9. The number of aromatic nitrogens is 2. The zero-order chi connectivity index (χ0) is 13.8. The van der Waals surface area contributed by atoms with Gasteiger partial charge in [-0.3, -0.25) is 9.36 Å². The van der Waals surface area contributed by atoms with Gasteiger partial charge in [-0.15, -0.1) is 0 Å². The first-order valence-corrected chi connectivity index (χ1v) is 7.13. The van der Waals surface area contributed by atoms with Crippen molar-refractivity contribution in [3.63, 3.8) is 0 Å². The molecule has 1 heterocycles. The summed E-state index contributed by atoms with van der Waals surface area (Å²) in [5.74, 6) is 0.0528. The van der Waals surface area contributed by atoms with Crippen molar-refractivity contribution < 1.29 is 4.79 Å². The van der Waals surface area contributed by atoms with E-state index in [-0.39, 0.29) is 11.6 Å². The Hall–Kier alpha value is -1.52. The highest BCUT2D eigenvalue weighted by Crippen LogP contribution is 2.17. The molecule has 1 aromatic heterocycles. The third-order valence-electron chi connectivity index (χ3n) is 4.02. The van der Waals surface area contributed by atoms with Crippen LogP contribution in [0.3, 0.4) is 0 Å². The van der Waals surface area contributed by atoms with Crippen LogP contribution >= 0.6 is 0 Å². The summed E-state index contributed by atoms with van der Waals surface area (Å²) in [6.07, 6.45) is 6.25. The number of hydrogen-bond acceptors (Lipinski definition) is 2. The zero-order valence-electron chi connectivity index (χ0n) is 11.8. The second-order valence-corrected chi connectivity index (χ2v) is 5.44. The quantitative estimate of drug-likeness (QED) is 0.869. The van der Waals surface area contributed by atoms with E-state index >= 15 is 0 Å². The Morgan fingerprint density at radius 1 is 1.32 bits per heavy atom. The van der Waals surface area contributed by atoms with E-state index in [9.17, 15) is 9.59 Å². The van der Waals surface area contributed by atoms with Gasteiger partial charge in [0.15, 0.2) is 0 Å². The van der Waals surface area contributed by atoms with Crippen molar-refractivity contribution in [3.05, 3.63) is 21.9 Å². The summed E-state index contributed by atoms with van der Waals surface area (Å²) in [5.41, 5.74) is 1.66. The van der Waals surface area contributed by atoms with Crippen LogP contribution in [0.25, 0.3) is 0 Å². The number of imidazole rings is 1. The van der Waals surface area contributed by atoms with Gasteiger partial charge in [0.25, 0.3) is 0 Å². The first-order valence-electron chi connectivity index (χ1n) is 7.13. The van der Waals surface area contributed by atoms with Crippen LogP contribution in [0, 0.1) is 13.8 Å². The van der Waals surface area contributed by atoms with Crippen LogP contribution in [0.5, 0.6) is 0 Å². The van der Waals surface area contributed by atoms with E-state index in [1.54, 1.807) is 4.57 Å². The molecule has 1 amide bonds. The van der Waals surface area contributed by atoms with Gasteiger partial charge in [-0.05, 0) is 26.7 Å². The summed E-state index contributed by atoms with van der Waals surface area (Å²) in [6, 6.07) is 0.340. The molecule has 2 rings (SSSR count). The van der Waals surface area contributed by atoms with Crippen LogP contribution in [0.1, 0.15) is 49.9 Å². The molecule has 1 aliphatic carbocycles. The first-order chi connectivity index (χ1) is 9.08. The molecular weight excluding hydrogens is 242 g/mol. The number of rotatable bonds is 4. The lowest BCUT2D eigenvalue weighted by molar-refractivity contribution is -0.122. The van der Waals surface area contributed by atoms with Gasteiger partial charge >= 0.3 is 5.69 Å². The first kappa shape index (κ1) is 13.9. The topological polar surface area (TPSA) is 66.9 Å². The lowest BCUT2D eigenvalue weighted by Crippen LogP contribution is -2.37. The molecule has 1 saturated carbocycles. The SMILES string of the molecule is Cc1[nH]c(=O)n(CCC(=O)NC2CCCCC2)c1C. The van der Waals surface area contributed by atoms with E-state index in [0.717, 1.165) is 24.2 Å². The highest BCUT2D eigenvalue weighted by atomic mass is 16.2. The number of amides is 1. The fourth-order valence-electron chi connectivity index (χ4n) is 2.70. The summed E-state index contributed by atoms with van der Waals surface area (Å²) in [6.45, 7) is 4.22. The van der Waals surface area contributed by atoms with Crippen molar-refractivity contribution in [3.8, 4) is 0 Å². The third kappa shape index (κ3) is 3.49. The molecule has 106 valence electrons. The number of carbonyl (C=O) groups excluding carboxylic acids is 1. The van der Waals surface area contributed by atoms with Crippen LogP contribution in [0.2, 0.25) is 0 Å². The molecule has 0 bridgehead atoms. The van der Waals surface area contributed by atoms with Crippen molar-refractivity contribution in [2.24, 2.45) is 0 Å². The van der Waals surface area contributed by atoms with Gasteiger partial charge in [-0.25, -0.2) is 4.79 Å². The molecule has 5 nitrogen and oxygen atoms in total. The number of H-pyrrole nitrogens is 1. The molecule has 0 radical (unpaired) electrons. The number of nitrogens with one attached hydrogen (secondary N) is 2. The van der Waals surface area contributed by atoms with Crippen molar-refractivity contribution in [2.45, 2.75) is 65.0 Å². The van der Waals surface area contributed by atoms with Crippen molar-refractivity contribution >= 4 is 5.91 Å². The highest BCUT2D eigenvalue weighted by molar-refractivity contribution is 5.76. The van der Waals surface area contributed by atoms with E-state index in [2.05, 4.69) is 10.3 Å². The van der Waals surface area contributed by atoms with E-state index in [0.29, 0.717) is 19.0 Å². The number of carbonyl (C=O) groups is 1. The lowest BCUT2D eigenvalue weighted by atomic mass is 9.95. The Balaban J connectivity index is 1.84. The average molecular weight is 265 g/mol. The van der Waals surface area contributed by atoms with Crippen LogP contribution in [-0.4, -0.2) is 21.5 Å². The van der Waals surface area contributed by atoms with Gasteiger partial charge in [0.05, 0.1) is 0 Å². The molecule has 1 aliphatic rings. The van der Waals surface area contributed by atoms with Gasteiger partial charge < -0.3 is 10.3 Å². The minimum absolute atomic E-state index is 0.0528. The number of hydrogen-bond donors (Lipinski definition) is 2. The predicted molar refractivity (Wildman–Crippen MR) is 74.2 cm³/mol. The van der Waals surface area contributed by atoms with Crippen molar-refractivity contribution in [1.82, 2.24) is 14.9 Å². The second kappa shape index (κ2) is 6.08. The van der Waals surface area contributed by atoms with Crippen LogP contribution in [-0.2, 0) is 11.3 Å². The summed E-state index contributed by atoms with van der Waals surface area (Å²) in [4.78, 5) is 26.3. The molecule has 0 aliphatic heterocycles. The van der Waals surface area contributed by atoms with Crippen LogP contribution in [0.15, 0.2) is 4.79 Å². The van der Waals surface area contributed by atoms with Crippen LogP contribution in [0.4, 0.5) is 0 Å². The minimum Gasteiger partial charge on any atom is -0.353 e. The molecule has 0 aromatic carbocycles.